The normalized spacial score (nSPS) is 22.4. The Hall–Kier alpha value is -4.00. The van der Waals surface area contributed by atoms with Crippen molar-refractivity contribution in [3.05, 3.63) is 40.6 Å². The summed E-state index contributed by atoms with van der Waals surface area (Å²) in [6.07, 6.45) is -6.08. The minimum atomic E-state index is -1.71. The second kappa shape index (κ2) is 8.74. The van der Waals surface area contributed by atoms with Gasteiger partial charge in [0.15, 0.2) is 29.3 Å². The van der Waals surface area contributed by atoms with E-state index in [1.54, 1.807) is 0 Å². The van der Waals surface area contributed by atoms with E-state index in [2.05, 4.69) is 0 Å². The van der Waals surface area contributed by atoms with Crippen LogP contribution < -0.4 is 10.2 Å². The van der Waals surface area contributed by atoms with Crippen molar-refractivity contribution in [1.82, 2.24) is 0 Å². The van der Waals surface area contributed by atoms with Gasteiger partial charge in [0.2, 0.25) is 23.2 Å². The van der Waals surface area contributed by atoms with Crippen LogP contribution in [0.25, 0.3) is 22.3 Å². The van der Waals surface area contributed by atoms with E-state index in [0.717, 1.165) is 13.0 Å². The fraction of sp³-hybridized carbons (Fsp3) is 0.273. The van der Waals surface area contributed by atoms with Crippen LogP contribution in [-0.4, -0.2) is 67.8 Å². The summed E-state index contributed by atoms with van der Waals surface area (Å²) in [5, 5.41) is 60.5. The number of benzene rings is 2. The molecule has 12 heteroatoms. The quantitative estimate of drug-likeness (QED) is 0.288. The number of carbonyl (C=O) groups excluding carboxylic acids is 1. The highest BCUT2D eigenvalue weighted by atomic mass is 16.7. The van der Waals surface area contributed by atoms with Gasteiger partial charge in [-0.2, -0.15) is 0 Å². The van der Waals surface area contributed by atoms with Gasteiger partial charge in [-0.05, 0) is 24.3 Å². The first kappa shape index (κ1) is 23.2. The molecule has 2 heterocycles. The fourth-order valence-corrected chi connectivity index (χ4v) is 3.55. The van der Waals surface area contributed by atoms with Crippen LogP contribution in [0.15, 0.2) is 39.5 Å². The zero-order valence-corrected chi connectivity index (χ0v) is 17.5. The number of phenols is 3. The van der Waals surface area contributed by atoms with Gasteiger partial charge >= 0.3 is 5.97 Å². The van der Waals surface area contributed by atoms with Crippen LogP contribution in [-0.2, 0) is 14.3 Å². The second-order valence-electron chi connectivity index (χ2n) is 7.56. The van der Waals surface area contributed by atoms with Crippen molar-refractivity contribution in [1.29, 1.82) is 0 Å². The maximum Gasteiger partial charge on any atom is 0.303 e. The lowest BCUT2D eigenvalue weighted by Gasteiger charge is -2.36. The summed E-state index contributed by atoms with van der Waals surface area (Å²) in [4.78, 5) is 24.1. The van der Waals surface area contributed by atoms with Crippen LogP contribution >= 0.6 is 0 Å². The number of rotatable bonds is 4. The molecule has 4 atom stereocenters. The number of hydrogen-bond acceptors (Lipinski definition) is 12. The standard InChI is InChI=1S/C22H20O12/c1-8(23)32-19-13(27)7-31-22(17(19)30)34-20-12(26)6-11(25)14-15(28)16(29)18(33-21(14)20)9-2-4-10(24)5-3-9/h2-6,13,17,19,22,24-27,29-30H,7H2,1H3/t13-,17-,19-,22+/m0/s1. The van der Waals surface area contributed by atoms with Crippen LogP contribution in [0, 0.1) is 0 Å². The molecule has 1 aromatic heterocycles. The SMILES string of the molecule is CC(=O)O[C@@H]1[C@H](O)[C@@H](Oc2c(O)cc(O)c3c(=O)c(O)c(-c4ccc(O)cc4)oc23)OC[C@@H]1O. The largest absolute Gasteiger partial charge is 0.508 e. The van der Waals surface area contributed by atoms with Crippen molar-refractivity contribution in [3.8, 4) is 40.1 Å². The fourth-order valence-electron chi connectivity index (χ4n) is 3.55. The molecule has 0 aliphatic carbocycles. The Labute approximate surface area is 190 Å². The Kier molecular flexibility index (Phi) is 5.96. The highest BCUT2D eigenvalue weighted by Crippen LogP contribution is 2.43. The van der Waals surface area contributed by atoms with Crippen LogP contribution in [0.2, 0.25) is 0 Å². The summed E-state index contributed by atoms with van der Waals surface area (Å²) < 4.78 is 21.3. The Morgan fingerprint density at radius 3 is 2.38 bits per heavy atom. The Balaban J connectivity index is 1.83. The van der Waals surface area contributed by atoms with E-state index in [1.807, 2.05) is 0 Å². The number of fused-ring (bicyclic) bond motifs is 1. The molecule has 180 valence electrons. The predicted molar refractivity (Wildman–Crippen MR) is 113 cm³/mol. The molecule has 0 bridgehead atoms. The molecule has 0 spiro atoms. The summed E-state index contributed by atoms with van der Waals surface area (Å²) in [7, 11) is 0. The molecular weight excluding hydrogens is 456 g/mol. The van der Waals surface area contributed by atoms with E-state index >= 15 is 0 Å². The minimum Gasteiger partial charge on any atom is -0.508 e. The van der Waals surface area contributed by atoms with E-state index in [4.69, 9.17) is 18.6 Å². The number of aromatic hydroxyl groups is 4. The number of aliphatic hydroxyl groups is 2. The van der Waals surface area contributed by atoms with Crippen LogP contribution in [0.1, 0.15) is 6.92 Å². The lowest BCUT2D eigenvalue weighted by atomic mass is 10.0. The average molecular weight is 476 g/mol. The first-order valence-electron chi connectivity index (χ1n) is 9.94. The van der Waals surface area contributed by atoms with Crippen molar-refractivity contribution in [2.24, 2.45) is 0 Å². The Morgan fingerprint density at radius 1 is 1.06 bits per heavy atom. The van der Waals surface area contributed by atoms with Gasteiger partial charge in [0.05, 0.1) is 6.61 Å². The summed E-state index contributed by atoms with van der Waals surface area (Å²) in [6, 6.07) is 6.02. The molecule has 1 saturated heterocycles. The molecule has 1 fully saturated rings. The maximum absolute atomic E-state index is 12.8. The first-order chi connectivity index (χ1) is 16.1. The average Bonchev–Trinajstić information content (AvgIpc) is 2.77. The molecule has 3 aromatic rings. The molecule has 0 radical (unpaired) electrons. The third-order valence-electron chi connectivity index (χ3n) is 5.15. The van der Waals surface area contributed by atoms with Gasteiger partial charge in [0.25, 0.3) is 0 Å². The van der Waals surface area contributed by atoms with Crippen molar-refractivity contribution in [2.75, 3.05) is 6.61 Å². The third-order valence-corrected chi connectivity index (χ3v) is 5.15. The highest BCUT2D eigenvalue weighted by molar-refractivity contribution is 5.93. The monoisotopic (exact) mass is 476 g/mol. The van der Waals surface area contributed by atoms with Gasteiger partial charge < -0.3 is 49.3 Å². The Bertz CT molecular complexity index is 1300. The molecule has 1 aliphatic rings. The summed E-state index contributed by atoms with van der Waals surface area (Å²) in [6.45, 7) is 0.677. The number of hydrogen-bond donors (Lipinski definition) is 6. The number of phenolic OH excluding ortho intramolecular Hbond substituents is 3. The third kappa shape index (κ3) is 4.05. The number of ether oxygens (including phenoxy) is 3. The van der Waals surface area contributed by atoms with Crippen LogP contribution in [0.5, 0.6) is 28.7 Å². The molecule has 12 nitrogen and oxygen atoms in total. The van der Waals surface area contributed by atoms with E-state index in [-0.39, 0.29) is 17.1 Å². The van der Waals surface area contributed by atoms with E-state index in [9.17, 15) is 40.2 Å². The minimum absolute atomic E-state index is 0.0846. The van der Waals surface area contributed by atoms with Crippen molar-refractivity contribution in [2.45, 2.75) is 31.5 Å². The molecule has 4 rings (SSSR count). The lowest BCUT2D eigenvalue weighted by Crippen LogP contribution is -2.56. The molecule has 2 aromatic carbocycles. The van der Waals surface area contributed by atoms with Gasteiger partial charge in [-0.3, -0.25) is 9.59 Å². The molecular formula is C22H20O12. The van der Waals surface area contributed by atoms with Gasteiger partial charge in [0.1, 0.15) is 23.0 Å². The van der Waals surface area contributed by atoms with Crippen molar-refractivity contribution in [3.63, 3.8) is 0 Å². The number of esters is 1. The number of carbonyl (C=O) groups is 1. The van der Waals surface area contributed by atoms with Crippen LogP contribution in [0.4, 0.5) is 0 Å². The van der Waals surface area contributed by atoms with Gasteiger partial charge in [0, 0.05) is 18.6 Å². The van der Waals surface area contributed by atoms with Crippen molar-refractivity contribution >= 4 is 16.9 Å². The number of aliphatic hydroxyl groups excluding tert-OH is 2. The topological polar surface area (TPSA) is 196 Å². The summed E-state index contributed by atoms with van der Waals surface area (Å²) in [5.74, 6) is -4.03. The predicted octanol–water partition coefficient (Wildman–Crippen LogP) is 0.671. The molecule has 0 amide bonds. The van der Waals surface area contributed by atoms with E-state index in [1.165, 1.54) is 24.3 Å². The van der Waals surface area contributed by atoms with E-state index in [0.29, 0.717) is 0 Å². The zero-order valence-electron chi connectivity index (χ0n) is 17.5. The first-order valence-corrected chi connectivity index (χ1v) is 9.94. The molecule has 0 unspecified atom stereocenters. The van der Waals surface area contributed by atoms with Gasteiger partial charge in [-0.25, -0.2) is 0 Å². The van der Waals surface area contributed by atoms with Crippen molar-refractivity contribution < 1.29 is 54.1 Å². The lowest BCUT2D eigenvalue weighted by molar-refractivity contribution is -0.248. The molecule has 1 aliphatic heterocycles. The zero-order chi connectivity index (χ0) is 24.7. The maximum atomic E-state index is 12.8. The van der Waals surface area contributed by atoms with Gasteiger partial charge in [-0.1, -0.05) is 0 Å². The second-order valence-corrected chi connectivity index (χ2v) is 7.56. The molecule has 0 saturated carbocycles. The Morgan fingerprint density at radius 2 is 1.74 bits per heavy atom. The highest BCUT2D eigenvalue weighted by Gasteiger charge is 2.43. The smallest absolute Gasteiger partial charge is 0.303 e. The molecule has 34 heavy (non-hydrogen) atoms. The summed E-state index contributed by atoms with van der Waals surface area (Å²) in [5.41, 5.74) is -1.37. The summed E-state index contributed by atoms with van der Waals surface area (Å²) >= 11 is 0. The van der Waals surface area contributed by atoms with Crippen LogP contribution in [0.3, 0.4) is 0 Å². The molecule has 6 N–H and O–H groups in total. The van der Waals surface area contributed by atoms with E-state index < -0.39 is 76.6 Å². The van der Waals surface area contributed by atoms with Gasteiger partial charge in [-0.15, -0.1) is 0 Å².